The van der Waals surface area contributed by atoms with Crippen LogP contribution < -0.4 is 16.0 Å². The van der Waals surface area contributed by atoms with Crippen LogP contribution in [0.1, 0.15) is 43.4 Å². The largest absolute Gasteiger partial charge is 0.416 e. The molecule has 1 aromatic heterocycles. The molecule has 0 radical (unpaired) electrons. The fourth-order valence-corrected chi connectivity index (χ4v) is 5.60. The summed E-state index contributed by atoms with van der Waals surface area (Å²) < 4.78 is 11.5. The van der Waals surface area contributed by atoms with Crippen LogP contribution in [-0.2, 0) is 37.8 Å². The third kappa shape index (κ3) is 5.80. The van der Waals surface area contributed by atoms with Crippen LogP contribution in [0.2, 0.25) is 5.02 Å². The van der Waals surface area contributed by atoms with E-state index in [0.717, 1.165) is 39.7 Å². The topological polar surface area (TPSA) is 102 Å². The van der Waals surface area contributed by atoms with Crippen molar-refractivity contribution in [2.75, 3.05) is 30.3 Å². The highest BCUT2D eigenvalue weighted by Crippen LogP contribution is 2.40. The maximum Gasteiger partial charge on any atom is 0.309 e. The number of carbonyl (C=O) groups is 2. The first kappa shape index (κ1) is 26.5. The standard InChI is InChI=1S/C28H31ClN4O4S/c1-17(2)13-32-27-33-23(15-38-27)19-5-3-18(4-6-19)14-31-26-20-11-12-30-16-28(21(20)7-8-22(26)29)36-24(34)9-10-25(35)37-28/h3-8,15,17,30-31H,9-14,16H2,1-2H3,(H,32,33). The third-order valence-electron chi connectivity index (χ3n) is 6.56. The summed E-state index contributed by atoms with van der Waals surface area (Å²) >= 11 is 8.25. The number of halogens is 1. The lowest BCUT2D eigenvalue weighted by molar-refractivity contribution is -0.225. The molecule has 1 spiro atoms. The average Bonchev–Trinajstić information content (AvgIpc) is 3.23. The molecule has 38 heavy (non-hydrogen) atoms. The van der Waals surface area contributed by atoms with Crippen LogP contribution in [0.15, 0.2) is 41.8 Å². The zero-order valence-electron chi connectivity index (χ0n) is 21.4. The van der Waals surface area contributed by atoms with Gasteiger partial charge < -0.3 is 25.4 Å². The van der Waals surface area contributed by atoms with E-state index in [-0.39, 0.29) is 19.4 Å². The van der Waals surface area contributed by atoms with Crippen molar-refractivity contribution in [1.29, 1.82) is 0 Å². The lowest BCUT2D eigenvalue weighted by Gasteiger charge is -2.32. The Morgan fingerprint density at radius 3 is 2.50 bits per heavy atom. The number of benzene rings is 2. The minimum atomic E-state index is -1.50. The van der Waals surface area contributed by atoms with E-state index >= 15 is 0 Å². The highest BCUT2D eigenvalue weighted by atomic mass is 35.5. The first-order chi connectivity index (χ1) is 18.3. The predicted octanol–water partition coefficient (Wildman–Crippen LogP) is 5.32. The summed E-state index contributed by atoms with van der Waals surface area (Å²) in [5.74, 6) is -1.87. The van der Waals surface area contributed by atoms with Crippen molar-refractivity contribution >= 4 is 45.7 Å². The van der Waals surface area contributed by atoms with Crippen molar-refractivity contribution in [1.82, 2.24) is 10.3 Å². The third-order valence-corrected chi connectivity index (χ3v) is 7.67. The van der Waals surface area contributed by atoms with E-state index in [0.29, 0.717) is 36.0 Å². The van der Waals surface area contributed by atoms with E-state index in [1.54, 1.807) is 23.5 Å². The first-order valence-corrected chi connectivity index (χ1v) is 14.1. The van der Waals surface area contributed by atoms with E-state index in [2.05, 4.69) is 59.4 Å². The summed E-state index contributed by atoms with van der Waals surface area (Å²) in [5, 5.41) is 13.6. The summed E-state index contributed by atoms with van der Waals surface area (Å²) in [6, 6.07) is 11.8. The number of nitrogens with one attached hydrogen (secondary N) is 3. The fourth-order valence-electron chi connectivity index (χ4n) is 4.63. The van der Waals surface area contributed by atoms with Gasteiger partial charge in [-0.25, -0.2) is 4.98 Å². The van der Waals surface area contributed by atoms with Gasteiger partial charge in [-0.05, 0) is 42.1 Å². The number of anilines is 2. The Hall–Kier alpha value is -3.14. The number of aromatic nitrogens is 1. The molecule has 1 fully saturated rings. The summed E-state index contributed by atoms with van der Waals surface area (Å²) in [6.07, 6.45) is 0.633. The molecular weight excluding hydrogens is 524 g/mol. The summed E-state index contributed by atoms with van der Waals surface area (Å²) in [6.45, 7) is 6.58. The van der Waals surface area contributed by atoms with Crippen LogP contribution >= 0.6 is 22.9 Å². The van der Waals surface area contributed by atoms with E-state index in [4.69, 9.17) is 26.1 Å². The molecule has 3 aromatic rings. The second-order valence-corrected chi connectivity index (χ2v) is 11.2. The number of hydrogen-bond acceptors (Lipinski definition) is 9. The quantitative estimate of drug-likeness (QED) is 0.337. The van der Waals surface area contributed by atoms with Crippen molar-refractivity contribution in [3.63, 3.8) is 0 Å². The summed E-state index contributed by atoms with van der Waals surface area (Å²) in [7, 11) is 0. The van der Waals surface area contributed by atoms with Gasteiger partial charge >= 0.3 is 11.9 Å². The van der Waals surface area contributed by atoms with Gasteiger partial charge in [-0.2, -0.15) is 0 Å². The molecule has 0 amide bonds. The number of rotatable bonds is 7. The molecule has 3 heterocycles. The van der Waals surface area contributed by atoms with Gasteiger partial charge in [0.05, 0.1) is 35.8 Å². The monoisotopic (exact) mass is 554 g/mol. The molecule has 2 aromatic carbocycles. The minimum Gasteiger partial charge on any atom is -0.416 e. The van der Waals surface area contributed by atoms with Gasteiger partial charge in [0.2, 0.25) is 0 Å². The fraction of sp³-hybridized carbons (Fsp3) is 0.393. The van der Waals surface area contributed by atoms with Crippen LogP contribution in [0, 0.1) is 5.92 Å². The van der Waals surface area contributed by atoms with Crippen LogP contribution in [0.3, 0.4) is 0 Å². The van der Waals surface area contributed by atoms with Crippen LogP contribution in [0.5, 0.6) is 0 Å². The minimum absolute atomic E-state index is 0.00127. The highest BCUT2D eigenvalue weighted by Gasteiger charge is 2.46. The number of nitrogens with zero attached hydrogens (tertiary/aromatic N) is 1. The molecule has 5 rings (SSSR count). The lowest BCUT2D eigenvalue weighted by Crippen LogP contribution is -2.43. The summed E-state index contributed by atoms with van der Waals surface area (Å²) in [4.78, 5) is 29.4. The molecule has 2 aliphatic rings. The number of carbonyl (C=O) groups excluding carboxylic acids is 2. The Labute approximate surface area is 231 Å². The van der Waals surface area contributed by atoms with Gasteiger partial charge in [-0.3, -0.25) is 9.59 Å². The Kier molecular flexibility index (Phi) is 7.88. The van der Waals surface area contributed by atoms with Crippen molar-refractivity contribution < 1.29 is 19.1 Å². The second-order valence-electron chi connectivity index (χ2n) is 9.94. The Balaban J connectivity index is 1.35. The van der Waals surface area contributed by atoms with Crippen LogP contribution in [0.4, 0.5) is 10.8 Å². The molecule has 8 nitrogen and oxygen atoms in total. The Bertz CT molecular complexity index is 1310. The molecule has 0 saturated carbocycles. The van der Waals surface area contributed by atoms with Gasteiger partial charge in [-0.15, -0.1) is 11.3 Å². The second kappa shape index (κ2) is 11.3. The summed E-state index contributed by atoms with van der Waals surface area (Å²) in [5.41, 5.74) is 5.32. The SMILES string of the molecule is CC(C)CNc1nc(-c2ccc(CNc3c(Cl)ccc4c3CCNCC43OC(=O)CCC(=O)O3)cc2)cs1. The molecule has 0 aliphatic carbocycles. The molecule has 0 bridgehead atoms. The number of ether oxygens (including phenoxy) is 2. The molecule has 1 saturated heterocycles. The maximum atomic E-state index is 12.3. The Morgan fingerprint density at radius 1 is 1.05 bits per heavy atom. The van der Waals surface area contributed by atoms with E-state index in [1.165, 1.54) is 0 Å². The number of esters is 2. The predicted molar refractivity (Wildman–Crippen MR) is 149 cm³/mol. The number of hydrogen-bond donors (Lipinski definition) is 3. The van der Waals surface area contributed by atoms with Gasteiger partial charge in [0.1, 0.15) is 0 Å². The molecule has 200 valence electrons. The molecule has 0 unspecified atom stereocenters. The van der Waals surface area contributed by atoms with Crippen molar-refractivity contribution in [3.05, 3.63) is 63.5 Å². The average molecular weight is 555 g/mol. The van der Waals surface area contributed by atoms with Gasteiger partial charge in [-0.1, -0.05) is 49.7 Å². The number of fused-ring (bicyclic) bond motifs is 2. The molecule has 2 aliphatic heterocycles. The molecule has 3 N–H and O–H groups in total. The van der Waals surface area contributed by atoms with Crippen molar-refractivity contribution in [2.45, 2.75) is 45.4 Å². The first-order valence-electron chi connectivity index (χ1n) is 12.8. The smallest absolute Gasteiger partial charge is 0.309 e. The van der Waals surface area contributed by atoms with E-state index in [9.17, 15) is 9.59 Å². The highest BCUT2D eigenvalue weighted by molar-refractivity contribution is 7.14. The van der Waals surface area contributed by atoms with Crippen LogP contribution in [0.25, 0.3) is 11.3 Å². The van der Waals surface area contributed by atoms with Crippen molar-refractivity contribution in [2.24, 2.45) is 5.92 Å². The van der Waals surface area contributed by atoms with Crippen molar-refractivity contribution in [3.8, 4) is 11.3 Å². The zero-order valence-corrected chi connectivity index (χ0v) is 23.0. The van der Waals surface area contributed by atoms with Gasteiger partial charge in [0.15, 0.2) is 5.13 Å². The zero-order chi connectivity index (χ0) is 26.7. The lowest BCUT2D eigenvalue weighted by atomic mass is 9.96. The van der Waals surface area contributed by atoms with E-state index in [1.807, 2.05) is 0 Å². The maximum absolute atomic E-state index is 12.3. The van der Waals surface area contributed by atoms with Gasteiger partial charge in [0.25, 0.3) is 5.79 Å². The Morgan fingerprint density at radius 2 is 1.79 bits per heavy atom. The van der Waals surface area contributed by atoms with Gasteiger partial charge in [0, 0.05) is 29.6 Å². The molecular formula is C28H31ClN4O4S. The molecule has 10 heteroatoms. The van der Waals surface area contributed by atoms with Crippen LogP contribution in [-0.4, -0.2) is 36.6 Å². The number of thiazole rings is 1. The normalized spacial score (nSPS) is 16.8. The van der Waals surface area contributed by atoms with E-state index < -0.39 is 17.7 Å². The molecule has 0 atom stereocenters.